The Morgan fingerprint density at radius 3 is 2.61 bits per heavy atom. The summed E-state index contributed by atoms with van der Waals surface area (Å²) in [5.74, 6) is 0.460. The lowest BCUT2D eigenvalue weighted by Crippen LogP contribution is -2.35. The fourth-order valence-electron chi connectivity index (χ4n) is 1.81. The number of fused-ring (bicyclic) bond motifs is 1. The predicted octanol–water partition coefficient (Wildman–Crippen LogP) is 4.53. The van der Waals surface area contributed by atoms with Gasteiger partial charge in [0.15, 0.2) is 11.4 Å². The van der Waals surface area contributed by atoms with Crippen LogP contribution in [0.4, 0.5) is 4.39 Å². The van der Waals surface area contributed by atoms with Crippen molar-refractivity contribution in [3.8, 4) is 0 Å². The van der Waals surface area contributed by atoms with E-state index in [1.807, 2.05) is 13.0 Å². The summed E-state index contributed by atoms with van der Waals surface area (Å²) in [6.45, 7) is 8.81. The van der Waals surface area contributed by atoms with Gasteiger partial charge in [-0.25, -0.2) is 4.39 Å². The lowest BCUT2D eigenvalue weighted by molar-refractivity contribution is 0.392. The molecule has 0 radical (unpaired) electrons. The molecule has 0 atom stereocenters. The molecule has 1 aromatic heterocycles. The van der Waals surface area contributed by atoms with Crippen molar-refractivity contribution in [2.75, 3.05) is 0 Å². The number of furan rings is 1. The molecule has 1 aromatic carbocycles. The molecule has 0 aliphatic rings. The van der Waals surface area contributed by atoms with Crippen LogP contribution in [0.2, 0.25) is 0 Å². The van der Waals surface area contributed by atoms with E-state index in [0.29, 0.717) is 12.1 Å². The Hall–Kier alpha value is -0.870. The third-order valence-corrected chi connectivity index (χ3v) is 3.29. The highest BCUT2D eigenvalue weighted by atomic mass is 79.9. The Bertz CT molecular complexity index is 583. The first-order chi connectivity index (χ1) is 8.28. The standard InChI is InChI=1S/C14H17BrFNO/c1-8-10-5-9(15)6-11(16)13(10)18-12(8)7-17-14(2,3)4/h5-6,17H,7H2,1-4H3. The minimum atomic E-state index is -0.329. The largest absolute Gasteiger partial charge is 0.456 e. The minimum Gasteiger partial charge on any atom is -0.456 e. The molecule has 98 valence electrons. The second kappa shape index (κ2) is 4.67. The maximum absolute atomic E-state index is 13.8. The molecule has 0 aliphatic carbocycles. The average molecular weight is 314 g/mol. The van der Waals surface area contributed by atoms with Crippen molar-refractivity contribution in [2.24, 2.45) is 0 Å². The molecule has 4 heteroatoms. The zero-order chi connectivity index (χ0) is 13.5. The van der Waals surface area contributed by atoms with Gasteiger partial charge in [0, 0.05) is 15.4 Å². The smallest absolute Gasteiger partial charge is 0.170 e. The van der Waals surface area contributed by atoms with Crippen molar-refractivity contribution >= 4 is 26.9 Å². The molecule has 0 bridgehead atoms. The first-order valence-corrected chi connectivity index (χ1v) is 6.69. The molecule has 18 heavy (non-hydrogen) atoms. The zero-order valence-corrected chi connectivity index (χ0v) is 12.6. The van der Waals surface area contributed by atoms with E-state index in [2.05, 4.69) is 42.0 Å². The van der Waals surface area contributed by atoms with Gasteiger partial charge in [0.2, 0.25) is 0 Å². The van der Waals surface area contributed by atoms with E-state index in [0.717, 1.165) is 21.2 Å². The van der Waals surface area contributed by atoms with E-state index in [1.54, 1.807) is 0 Å². The van der Waals surface area contributed by atoms with Crippen LogP contribution < -0.4 is 5.32 Å². The van der Waals surface area contributed by atoms with Gasteiger partial charge in [0.1, 0.15) is 5.76 Å². The van der Waals surface area contributed by atoms with Crippen LogP contribution in [0.25, 0.3) is 11.0 Å². The van der Waals surface area contributed by atoms with E-state index in [4.69, 9.17) is 4.42 Å². The lowest BCUT2D eigenvalue weighted by Gasteiger charge is -2.19. The van der Waals surface area contributed by atoms with Crippen LogP contribution in [0.5, 0.6) is 0 Å². The van der Waals surface area contributed by atoms with Gasteiger partial charge in [-0.2, -0.15) is 0 Å². The Labute approximate surface area is 115 Å². The summed E-state index contributed by atoms with van der Waals surface area (Å²) in [6, 6.07) is 3.31. The van der Waals surface area contributed by atoms with Gasteiger partial charge in [0.05, 0.1) is 6.54 Å². The lowest BCUT2D eigenvalue weighted by atomic mass is 10.1. The van der Waals surface area contributed by atoms with E-state index in [9.17, 15) is 4.39 Å². The maximum Gasteiger partial charge on any atom is 0.170 e. The first-order valence-electron chi connectivity index (χ1n) is 5.90. The molecule has 0 fully saturated rings. The number of halogens is 2. The third kappa shape index (κ3) is 2.75. The summed E-state index contributed by atoms with van der Waals surface area (Å²) < 4.78 is 20.1. The van der Waals surface area contributed by atoms with Crippen molar-refractivity contribution in [1.82, 2.24) is 5.32 Å². The van der Waals surface area contributed by atoms with E-state index in [-0.39, 0.29) is 11.4 Å². The summed E-state index contributed by atoms with van der Waals surface area (Å²) in [4.78, 5) is 0. The molecule has 0 saturated heterocycles. The van der Waals surface area contributed by atoms with Gasteiger partial charge < -0.3 is 9.73 Å². The van der Waals surface area contributed by atoms with Crippen LogP contribution in [0.3, 0.4) is 0 Å². The summed E-state index contributed by atoms with van der Waals surface area (Å²) in [5, 5.41) is 4.17. The van der Waals surface area contributed by atoms with E-state index in [1.165, 1.54) is 6.07 Å². The number of benzene rings is 1. The van der Waals surface area contributed by atoms with Crippen LogP contribution in [0, 0.1) is 12.7 Å². The number of nitrogens with one attached hydrogen (secondary N) is 1. The Morgan fingerprint density at radius 2 is 2.00 bits per heavy atom. The van der Waals surface area contributed by atoms with Crippen LogP contribution in [-0.2, 0) is 6.54 Å². The highest BCUT2D eigenvalue weighted by molar-refractivity contribution is 9.10. The van der Waals surface area contributed by atoms with Crippen molar-refractivity contribution in [1.29, 1.82) is 0 Å². The number of hydrogen-bond acceptors (Lipinski definition) is 2. The first kappa shape index (κ1) is 13.6. The molecule has 1 heterocycles. The van der Waals surface area contributed by atoms with Crippen LogP contribution in [-0.4, -0.2) is 5.54 Å². The van der Waals surface area contributed by atoms with E-state index < -0.39 is 0 Å². The van der Waals surface area contributed by atoms with Crippen molar-refractivity contribution in [3.63, 3.8) is 0 Å². The second-order valence-corrected chi connectivity index (χ2v) is 6.43. The SMILES string of the molecule is Cc1c(CNC(C)(C)C)oc2c(F)cc(Br)cc12. The maximum atomic E-state index is 13.8. The number of hydrogen-bond donors (Lipinski definition) is 1. The molecule has 0 unspecified atom stereocenters. The Morgan fingerprint density at radius 1 is 1.33 bits per heavy atom. The molecule has 0 aliphatic heterocycles. The van der Waals surface area contributed by atoms with Crippen LogP contribution >= 0.6 is 15.9 Å². The summed E-state index contributed by atoms with van der Waals surface area (Å²) in [7, 11) is 0. The van der Waals surface area contributed by atoms with Gasteiger partial charge in [-0.3, -0.25) is 0 Å². The molecule has 0 spiro atoms. The van der Waals surface area contributed by atoms with Crippen LogP contribution in [0.15, 0.2) is 21.0 Å². The minimum absolute atomic E-state index is 0.00451. The van der Waals surface area contributed by atoms with Gasteiger partial charge in [-0.05, 0) is 45.4 Å². The molecular weight excluding hydrogens is 297 g/mol. The summed E-state index contributed by atoms with van der Waals surface area (Å²) >= 11 is 3.30. The number of rotatable bonds is 2. The monoisotopic (exact) mass is 313 g/mol. The fraction of sp³-hybridized carbons (Fsp3) is 0.429. The van der Waals surface area contributed by atoms with Crippen molar-refractivity contribution in [3.05, 3.63) is 33.7 Å². The average Bonchev–Trinajstić information content (AvgIpc) is 2.53. The zero-order valence-electron chi connectivity index (χ0n) is 11.0. The fourth-order valence-corrected chi connectivity index (χ4v) is 2.24. The third-order valence-electron chi connectivity index (χ3n) is 2.84. The normalized spacial score (nSPS) is 12.3. The molecule has 0 amide bonds. The summed E-state index contributed by atoms with van der Waals surface area (Å²) in [6.07, 6.45) is 0. The highest BCUT2D eigenvalue weighted by Gasteiger charge is 2.16. The predicted molar refractivity (Wildman–Crippen MR) is 75.2 cm³/mol. The molecule has 2 rings (SSSR count). The van der Waals surface area contributed by atoms with Gasteiger partial charge in [0.25, 0.3) is 0 Å². The highest BCUT2D eigenvalue weighted by Crippen LogP contribution is 2.30. The second-order valence-electron chi connectivity index (χ2n) is 5.52. The molecular formula is C14H17BrFNO. The van der Waals surface area contributed by atoms with Gasteiger partial charge in [-0.15, -0.1) is 0 Å². The number of aryl methyl sites for hydroxylation is 1. The van der Waals surface area contributed by atoms with Crippen LogP contribution in [0.1, 0.15) is 32.1 Å². The van der Waals surface area contributed by atoms with E-state index >= 15 is 0 Å². The topological polar surface area (TPSA) is 25.2 Å². The Balaban J connectivity index is 2.41. The molecule has 1 N–H and O–H groups in total. The van der Waals surface area contributed by atoms with Crippen molar-refractivity contribution in [2.45, 2.75) is 39.8 Å². The molecule has 2 nitrogen and oxygen atoms in total. The Kier molecular flexibility index (Phi) is 3.52. The quantitative estimate of drug-likeness (QED) is 0.881. The molecule has 2 aromatic rings. The summed E-state index contributed by atoms with van der Waals surface area (Å²) in [5.41, 5.74) is 1.33. The van der Waals surface area contributed by atoms with Gasteiger partial charge in [-0.1, -0.05) is 15.9 Å². The van der Waals surface area contributed by atoms with Crippen molar-refractivity contribution < 1.29 is 8.81 Å². The van der Waals surface area contributed by atoms with Gasteiger partial charge >= 0.3 is 0 Å². The molecule has 0 saturated carbocycles.